The maximum atomic E-state index is 13.1. The summed E-state index contributed by atoms with van der Waals surface area (Å²) < 4.78 is 39.8. The third kappa shape index (κ3) is 5.04. The molecule has 0 heterocycles. The molecule has 2 rings (SSSR count). The Balaban J connectivity index is 1.87. The van der Waals surface area contributed by atoms with Crippen LogP contribution in [0.3, 0.4) is 0 Å². The lowest BCUT2D eigenvalue weighted by Crippen LogP contribution is -2.30. The van der Waals surface area contributed by atoms with E-state index in [1.54, 1.807) is 0 Å². The first-order valence-corrected chi connectivity index (χ1v) is 9.06. The molecule has 0 amide bonds. The van der Waals surface area contributed by atoms with Gasteiger partial charge in [0.25, 0.3) is 0 Å². The summed E-state index contributed by atoms with van der Waals surface area (Å²) >= 11 is 0. The fourth-order valence-electron chi connectivity index (χ4n) is 2.30. The number of nitrogens with one attached hydrogen (secondary N) is 1. The molecule has 124 valence electrons. The van der Waals surface area contributed by atoms with Crippen molar-refractivity contribution in [3.63, 3.8) is 0 Å². The van der Waals surface area contributed by atoms with Crippen molar-refractivity contribution in [1.82, 2.24) is 4.72 Å². The molecule has 2 aromatic carbocycles. The van der Waals surface area contributed by atoms with Gasteiger partial charge in [0.15, 0.2) is 0 Å². The molecule has 0 bridgehead atoms. The van der Waals surface area contributed by atoms with E-state index in [0.29, 0.717) is 13.0 Å². The zero-order chi connectivity index (χ0) is 16.7. The summed E-state index contributed by atoms with van der Waals surface area (Å²) in [6, 6.07) is 15.0. The molecule has 0 aromatic heterocycles. The molecule has 0 unspecified atom stereocenters. The molecule has 0 radical (unpaired) electrons. The second kappa shape index (κ2) is 8.08. The molecule has 2 aromatic rings. The molecule has 0 fully saturated rings. The van der Waals surface area contributed by atoms with Gasteiger partial charge in [-0.05, 0) is 43.7 Å². The van der Waals surface area contributed by atoms with Crippen molar-refractivity contribution in [2.75, 3.05) is 24.5 Å². The Hall–Kier alpha value is -1.92. The average molecular weight is 336 g/mol. The summed E-state index contributed by atoms with van der Waals surface area (Å²) in [5.74, 6) is -0.561. The van der Waals surface area contributed by atoms with Gasteiger partial charge >= 0.3 is 0 Å². The Kier molecular flexibility index (Phi) is 6.12. The van der Waals surface area contributed by atoms with Gasteiger partial charge in [0.1, 0.15) is 5.82 Å². The Morgan fingerprint density at radius 3 is 2.48 bits per heavy atom. The van der Waals surface area contributed by atoms with E-state index in [1.165, 1.54) is 18.2 Å². The number of anilines is 1. The van der Waals surface area contributed by atoms with Crippen LogP contribution < -0.4 is 9.62 Å². The SMILES string of the molecule is CCN(CCCNS(=O)(=O)c1cccc(F)c1)c1ccccc1. The zero-order valence-corrected chi connectivity index (χ0v) is 13.9. The average Bonchev–Trinajstić information content (AvgIpc) is 2.56. The second-order valence-corrected chi connectivity index (χ2v) is 6.89. The lowest BCUT2D eigenvalue weighted by molar-refractivity contribution is 0.574. The third-order valence-electron chi connectivity index (χ3n) is 3.51. The molecule has 6 heteroatoms. The van der Waals surface area contributed by atoms with Gasteiger partial charge < -0.3 is 4.90 Å². The highest BCUT2D eigenvalue weighted by Crippen LogP contribution is 2.13. The Labute approximate surface area is 137 Å². The lowest BCUT2D eigenvalue weighted by Gasteiger charge is -2.23. The van der Waals surface area contributed by atoms with Crippen LogP contribution in [-0.4, -0.2) is 28.1 Å². The fraction of sp³-hybridized carbons (Fsp3) is 0.294. The van der Waals surface area contributed by atoms with Crippen molar-refractivity contribution in [2.24, 2.45) is 0 Å². The largest absolute Gasteiger partial charge is 0.372 e. The summed E-state index contributed by atoms with van der Waals surface area (Å²) in [6.07, 6.45) is 0.664. The number of rotatable bonds is 8. The van der Waals surface area contributed by atoms with Gasteiger partial charge in [0, 0.05) is 25.3 Å². The predicted octanol–water partition coefficient (Wildman–Crippen LogP) is 3.02. The minimum absolute atomic E-state index is 0.0482. The van der Waals surface area contributed by atoms with Crippen molar-refractivity contribution in [3.05, 3.63) is 60.4 Å². The topological polar surface area (TPSA) is 49.4 Å². The molecule has 0 atom stereocenters. The first-order chi connectivity index (χ1) is 11.0. The van der Waals surface area contributed by atoms with Crippen molar-refractivity contribution in [2.45, 2.75) is 18.2 Å². The van der Waals surface area contributed by atoms with Gasteiger partial charge in [-0.1, -0.05) is 24.3 Å². The summed E-state index contributed by atoms with van der Waals surface area (Å²) in [4.78, 5) is 2.13. The second-order valence-electron chi connectivity index (χ2n) is 5.12. The highest BCUT2D eigenvalue weighted by atomic mass is 32.2. The molecule has 0 saturated heterocycles. The van der Waals surface area contributed by atoms with Crippen molar-refractivity contribution in [1.29, 1.82) is 0 Å². The van der Waals surface area contributed by atoms with E-state index in [0.717, 1.165) is 24.8 Å². The Bertz CT molecular complexity index is 720. The van der Waals surface area contributed by atoms with Crippen molar-refractivity contribution in [3.8, 4) is 0 Å². The molecular formula is C17H21FN2O2S. The van der Waals surface area contributed by atoms with Gasteiger partial charge in [-0.25, -0.2) is 17.5 Å². The van der Waals surface area contributed by atoms with Crippen LogP contribution in [0.4, 0.5) is 10.1 Å². The smallest absolute Gasteiger partial charge is 0.240 e. The molecule has 0 aliphatic heterocycles. The minimum Gasteiger partial charge on any atom is -0.372 e. The van der Waals surface area contributed by atoms with E-state index in [4.69, 9.17) is 0 Å². The minimum atomic E-state index is -3.66. The molecule has 0 aliphatic carbocycles. The van der Waals surface area contributed by atoms with Crippen LogP contribution in [0, 0.1) is 5.82 Å². The van der Waals surface area contributed by atoms with Crippen molar-refractivity contribution >= 4 is 15.7 Å². The number of hydrogen-bond acceptors (Lipinski definition) is 3. The van der Waals surface area contributed by atoms with Crippen LogP contribution in [0.2, 0.25) is 0 Å². The predicted molar refractivity (Wildman–Crippen MR) is 90.5 cm³/mol. The standard InChI is InChI=1S/C17H21FN2O2S/c1-2-20(16-9-4-3-5-10-16)13-7-12-19-23(21,22)17-11-6-8-15(18)14-17/h3-6,8-11,14,19H,2,7,12-13H2,1H3. The van der Waals surface area contributed by atoms with Crippen LogP contribution in [0.15, 0.2) is 59.5 Å². The van der Waals surface area contributed by atoms with Gasteiger partial charge in [0.05, 0.1) is 4.90 Å². The number of benzene rings is 2. The molecule has 0 aliphatic rings. The highest BCUT2D eigenvalue weighted by molar-refractivity contribution is 7.89. The van der Waals surface area contributed by atoms with E-state index >= 15 is 0 Å². The number of sulfonamides is 1. The third-order valence-corrected chi connectivity index (χ3v) is 4.97. The summed E-state index contributed by atoms with van der Waals surface area (Å²) in [5.41, 5.74) is 1.11. The van der Waals surface area contributed by atoms with E-state index in [1.807, 2.05) is 30.3 Å². The number of para-hydroxylation sites is 1. The van der Waals surface area contributed by atoms with Gasteiger partial charge in [-0.2, -0.15) is 0 Å². The summed E-state index contributed by atoms with van der Waals surface area (Å²) in [7, 11) is -3.66. The molecule has 0 spiro atoms. The summed E-state index contributed by atoms with van der Waals surface area (Å²) in [5, 5.41) is 0. The number of hydrogen-bond donors (Lipinski definition) is 1. The maximum Gasteiger partial charge on any atom is 0.240 e. The fourth-order valence-corrected chi connectivity index (χ4v) is 3.41. The number of nitrogens with zero attached hydrogens (tertiary/aromatic N) is 1. The van der Waals surface area contributed by atoms with Gasteiger partial charge in [-0.3, -0.25) is 0 Å². The first kappa shape index (κ1) is 17.4. The maximum absolute atomic E-state index is 13.1. The van der Waals surface area contributed by atoms with E-state index in [2.05, 4.69) is 16.5 Å². The normalized spacial score (nSPS) is 11.4. The highest BCUT2D eigenvalue weighted by Gasteiger charge is 2.14. The van der Waals surface area contributed by atoms with Crippen molar-refractivity contribution < 1.29 is 12.8 Å². The van der Waals surface area contributed by atoms with Crippen LogP contribution in [0.5, 0.6) is 0 Å². The van der Waals surface area contributed by atoms with Gasteiger partial charge in [0.2, 0.25) is 10.0 Å². The van der Waals surface area contributed by atoms with Gasteiger partial charge in [-0.15, -0.1) is 0 Å². The quantitative estimate of drug-likeness (QED) is 0.754. The molecule has 23 heavy (non-hydrogen) atoms. The Morgan fingerprint density at radius 2 is 1.83 bits per heavy atom. The number of halogens is 1. The summed E-state index contributed by atoms with van der Waals surface area (Å²) in [6.45, 7) is 3.96. The van der Waals surface area contributed by atoms with E-state index in [-0.39, 0.29) is 4.90 Å². The Morgan fingerprint density at radius 1 is 1.09 bits per heavy atom. The monoisotopic (exact) mass is 336 g/mol. The van der Waals surface area contributed by atoms with E-state index < -0.39 is 15.8 Å². The van der Waals surface area contributed by atoms with Crippen LogP contribution >= 0.6 is 0 Å². The first-order valence-electron chi connectivity index (χ1n) is 7.58. The zero-order valence-electron chi connectivity index (χ0n) is 13.1. The van der Waals surface area contributed by atoms with E-state index in [9.17, 15) is 12.8 Å². The van der Waals surface area contributed by atoms with Crippen LogP contribution in [-0.2, 0) is 10.0 Å². The van der Waals surface area contributed by atoms with Crippen LogP contribution in [0.1, 0.15) is 13.3 Å². The molecule has 4 nitrogen and oxygen atoms in total. The molecular weight excluding hydrogens is 315 g/mol. The molecule has 1 N–H and O–H groups in total. The lowest BCUT2D eigenvalue weighted by atomic mass is 10.2. The molecule has 0 saturated carbocycles. The van der Waals surface area contributed by atoms with Crippen LogP contribution in [0.25, 0.3) is 0 Å².